The van der Waals surface area contributed by atoms with E-state index in [1.54, 1.807) is 31.2 Å². The van der Waals surface area contributed by atoms with Gasteiger partial charge in [-0.1, -0.05) is 13.0 Å². The Hall–Kier alpha value is -4.13. The van der Waals surface area contributed by atoms with Gasteiger partial charge in [0.25, 0.3) is 0 Å². The van der Waals surface area contributed by atoms with Crippen LogP contribution in [-0.2, 0) is 6.18 Å². The van der Waals surface area contributed by atoms with Crippen molar-refractivity contribution >= 4 is 23.9 Å². The molecule has 10 heteroatoms. The number of nitriles is 1. The Morgan fingerprint density at radius 1 is 1.24 bits per heavy atom. The molecule has 7 nitrogen and oxygen atoms in total. The van der Waals surface area contributed by atoms with Crippen LogP contribution in [0.3, 0.4) is 0 Å². The first kappa shape index (κ1) is 23.5. The van der Waals surface area contributed by atoms with E-state index >= 15 is 0 Å². The van der Waals surface area contributed by atoms with Gasteiger partial charge in [-0.25, -0.2) is 4.79 Å². The molecule has 0 unspecified atom stereocenters. The molecule has 2 N–H and O–H groups in total. The molecule has 0 saturated heterocycles. The number of likely N-dealkylation sites (N-methyl/N-ethyl adjacent to an activating group) is 1. The van der Waals surface area contributed by atoms with E-state index in [0.29, 0.717) is 22.5 Å². The molecule has 0 spiro atoms. The molecule has 1 heterocycles. The van der Waals surface area contributed by atoms with E-state index in [4.69, 9.17) is 16.1 Å². The van der Waals surface area contributed by atoms with Crippen molar-refractivity contribution in [1.29, 1.82) is 16.1 Å². The molecule has 2 aromatic carbocycles. The highest BCUT2D eigenvalue weighted by molar-refractivity contribution is 6.05. The standard InChI is InChI=1S/C23H21F3N6O/c1-3-19-20(31(14-28)21(29)16-9-7-15(12-27)8-10-16)13-30(2)22(33)32(19)18-6-4-5-17(11-18)23(24,25)26/h4-11,14,28-29H,3,13H2,1-2H3. The number of rotatable bonds is 5. The zero-order chi connectivity index (χ0) is 24.3. The predicted octanol–water partition coefficient (Wildman–Crippen LogP) is 5.01. The number of benzene rings is 2. The van der Waals surface area contributed by atoms with Gasteiger partial charge in [-0.3, -0.25) is 20.6 Å². The van der Waals surface area contributed by atoms with Crippen LogP contribution in [0.4, 0.5) is 23.7 Å². The summed E-state index contributed by atoms with van der Waals surface area (Å²) in [6, 6.07) is 12.2. The van der Waals surface area contributed by atoms with Crippen LogP contribution in [0.5, 0.6) is 0 Å². The van der Waals surface area contributed by atoms with Crippen molar-refractivity contribution in [2.75, 3.05) is 18.5 Å². The van der Waals surface area contributed by atoms with Gasteiger partial charge in [0, 0.05) is 18.3 Å². The third-order valence-electron chi connectivity index (χ3n) is 5.22. The number of nitrogens with one attached hydrogen (secondary N) is 2. The number of allylic oxidation sites excluding steroid dienone is 1. The van der Waals surface area contributed by atoms with Gasteiger partial charge in [0.1, 0.15) is 5.84 Å². The Kier molecular flexibility index (Phi) is 6.53. The zero-order valence-corrected chi connectivity index (χ0v) is 17.9. The average Bonchev–Trinajstić information content (AvgIpc) is 2.80. The van der Waals surface area contributed by atoms with Crippen molar-refractivity contribution in [1.82, 2.24) is 9.80 Å². The number of amides is 2. The number of urea groups is 1. The van der Waals surface area contributed by atoms with Crippen molar-refractivity contribution < 1.29 is 18.0 Å². The van der Waals surface area contributed by atoms with Crippen LogP contribution in [0.15, 0.2) is 59.9 Å². The monoisotopic (exact) mass is 454 g/mol. The number of alkyl halides is 3. The summed E-state index contributed by atoms with van der Waals surface area (Å²) >= 11 is 0. The SMILES string of the molecule is CCC1=C(N(C=N)C(=N)c2ccc(C#N)cc2)CN(C)C(=O)N1c1cccc(C(F)(F)F)c1. The minimum absolute atomic E-state index is 0.0468. The van der Waals surface area contributed by atoms with E-state index in [0.717, 1.165) is 18.5 Å². The quantitative estimate of drug-likeness (QED) is 0.491. The molecule has 170 valence electrons. The molecule has 1 aliphatic rings. The third kappa shape index (κ3) is 4.57. The molecular weight excluding hydrogens is 433 g/mol. The van der Waals surface area contributed by atoms with E-state index in [1.807, 2.05) is 6.07 Å². The number of hydrogen-bond acceptors (Lipinski definition) is 4. The highest BCUT2D eigenvalue weighted by Crippen LogP contribution is 2.35. The fraction of sp³-hybridized carbons (Fsp3) is 0.217. The lowest BCUT2D eigenvalue weighted by Gasteiger charge is -2.40. The lowest BCUT2D eigenvalue weighted by molar-refractivity contribution is -0.137. The number of nitrogens with zero attached hydrogens (tertiary/aromatic N) is 4. The van der Waals surface area contributed by atoms with Gasteiger partial charge < -0.3 is 4.90 Å². The Labute approximate surface area is 189 Å². The average molecular weight is 454 g/mol. The first-order valence-corrected chi connectivity index (χ1v) is 9.95. The predicted molar refractivity (Wildman–Crippen MR) is 118 cm³/mol. The van der Waals surface area contributed by atoms with Gasteiger partial charge in [0.2, 0.25) is 0 Å². The second-order valence-electron chi connectivity index (χ2n) is 7.31. The third-order valence-corrected chi connectivity index (χ3v) is 5.22. The molecule has 0 radical (unpaired) electrons. The van der Waals surface area contributed by atoms with E-state index in [-0.39, 0.29) is 24.5 Å². The summed E-state index contributed by atoms with van der Waals surface area (Å²) in [5.41, 5.74) is 0.823. The fourth-order valence-electron chi connectivity index (χ4n) is 3.58. The molecule has 33 heavy (non-hydrogen) atoms. The summed E-state index contributed by atoms with van der Waals surface area (Å²) in [5, 5.41) is 25.5. The van der Waals surface area contributed by atoms with Gasteiger partial charge >= 0.3 is 12.2 Å². The maximum atomic E-state index is 13.3. The first-order chi connectivity index (χ1) is 15.6. The van der Waals surface area contributed by atoms with E-state index in [1.165, 1.54) is 33.9 Å². The second kappa shape index (κ2) is 9.16. The smallest absolute Gasteiger partial charge is 0.321 e. The number of halogens is 3. The van der Waals surface area contributed by atoms with Gasteiger partial charge in [0.05, 0.1) is 41.5 Å². The summed E-state index contributed by atoms with van der Waals surface area (Å²) < 4.78 is 39.8. The van der Waals surface area contributed by atoms with Gasteiger partial charge in [-0.2, -0.15) is 18.4 Å². The normalized spacial score (nSPS) is 14.2. The first-order valence-electron chi connectivity index (χ1n) is 9.95. The summed E-state index contributed by atoms with van der Waals surface area (Å²) in [6.45, 7) is 1.81. The molecule has 2 amide bonds. The summed E-state index contributed by atoms with van der Waals surface area (Å²) in [5.74, 6) is -0.0674. The fourth-order valence-corrected chi connectivity index (χ4v) is 3.58. The van der Waals surface area contributed by atoms with E-state index in [2.05, 4.69) is 0 Å². The Balaban J connectivity index is 2.12. The number of anilines is 1. The number of carbonyl (C=O) groups excluding carboxylic acids is 1. The largest absolute Gasteiger partial charge is 0.416 e. The molecule has 1 aliphatic heterocycles. The van der Waals surface area contributed by atoms with Crippen LogP contribution in [0.1, 0.15) is 30.0 Å². The molecular formula is C23H21F3N6O. The van der Waals surface area contributed by atoms with Gasteiger partial charge in [-0.05, 0) is 48.9 Å². The number of amidine groups is 1. The molecule has 0 aromatic heterocycles. The van der Waals surface area contributed by atoms with Gasteiger partial charge in [-0.15, -0.1) is 0 Å². The van der Waals surface area contributed by atoms with Crippen LogP contribution >= 0.6 is 0 Å². The molecule has 0 bridgehead atoms. The Morgan fingerprint density at radius 2 is 1.91 bits per heavy atom. The lowest BCUT2D eigenvalue weighted by atomic mass is 10.1. The minimum atomic E-state index is -4.57. The Bertz CT molecular complexity index is 1160. The maximum Gasteiger partial charge on any atom is 0.416 e. The molecule has 0 atom stereocenters. The van der Waals surface area contributed by atoms with E-state index in [9.17, 15) is 18.0 Å². The maximum absolute atomic E-state index is 13.3. The van der Waals surface area contributed by atoms with Crippen LogP contribution in [0.25, 0.3) is 0 Å². The Morgan fingerprint density at radius 3 is 2.45 bits per heavy atom. The molecule has 3 rings (SSSR count). The van der Waals surface area contributed by atoms with Crippen LogP contribution in [0, 0.1) is 22.1 Å². The van der Waals surface area contributed by atoms with Crippen molar-refractivity contribution in [3.63, 3.8) is 0 Å². The number of carbonyl (C=O) groups is 1. The highest BCUT2D eigenvalue weighted by atomic mass is 19.4. The zero-order valence-electron chi connectivity index (χ0n) is 17.9. The van der Waals surface area contributed by atoms with E-state index < -0.39 is 17.8 Å². The highest BCUT2D eigenvalue weighted by Gasteiger charge is 2.36. The van der Waals surface area contributed by atoms with Crippen molar-refractivity contribution in [3.8, 4) is 6.07 Å². The lowest BCUT2D eigenvalue weighted by Crippen LogP contribution is -2.50. The second-order valence-corrected chi connectivity index (χ2v) is 7.31. The topological polar surface area (TPSA) is 98.3 Å². The summed E-state index contributed by atoms with van der Waals surface area (Å²) in [6.07, 6.45) is -3.37. The summed E-state index contributed by atoms with van der Waals surface area (Å²) in [7, 11) is 1.50. The van der Waals surface area contributed by atoms with Crippen LogP contribution in [0.2, 0.25) is 0 Å². The van der Waals surface area contributed by atoms with Crippen LogP contribution in [-0.4, -0.2) is 41.6 Å². The number of hydrogen-bond donors (Lipinski definition) is 2. The minimum Gasteiger partial charge on any atom is -0.321 e. The van der Waals surface area contributed by atoms with Crippen molar-refractivity contribution in [2.24, 2.45) is 0 Å². The molecule has 0 saturated carbocycles. The molecule has 0 fully saturated rings. The van der Waals surface area contributed by atoms with Gasteiger partial charge in [0.15, 0.2) is 0 Å². The molecule has 0 aliphatic carbocycles. The van der Waals surface area contributed by atoms with Crippen molar-refractivity contribution in [2.45, 2.75) is 19.5 Å². The van der Waals surface area contributed by atoms with Crippen LogP contribution < -0.4 is 4.90 Å². The molecule has 2 aromatic rings. The summed E-state index contributed by atoms with van der Waals surface area (Å²) in [4.78, 5) is 16.8. The van der Waals surface area contributed by atoms with Crippen molar-refractivity contribution in [3.05, 3.63) is 76.6 Å².